The van der Waals surface area contributed by atoms with Crippen LogP contribution in [0.2, 0.25) is 0 Å². The number of amides is 1. The molecule has 1 aromatic heterocycles. The van der Waals surface area contributed by atoms with Crippen molar-refractivity contribution in [3.63, 3.8) is 0 Å². The van der Waals surface area contributed by atoms with Crippen LogP contribution in [0.4, 0.5) is 5.69 Å². The molecule has 0 atom stereocenters. The van der Waals surface area contributed by atoms with E-state index in [0.717, 1.165) is 22.0 Å². The van der Waals surface area contributed by atoms with Crippen LogP contribution in [-0.2, 0) is 0 Å². The third-order valence-electron chi connectivity index (χ3n) is 3.64. The Bertz CT molecular complexity index is 857. The fraction of sp³-hybridized carbons (Fsp3) is 0.100. The summed E-state index contributed by atoms with van der Waals surface area (Å²) in [5.41, 5.74) is 2.24. The van der Waals surface area contributed by atoms with Gasteiger partial charge in [-0.3, -0.25) is 4.79 Å². The largest absolute Gasteiger partial charge is 0.490 e. The molecule has 0 bridgehead atoms. The van der Waals surface area contributed by atoms with Crippen molar-refractivity contribution >= 4 is 22.9 Å². The third-order valence-corrected chi connectivity index (χ3v) is 4.53. The SMILES string of the molecule is C=CCOc1ccc(-c2nc(C(=O)N(C)c3ccccc3)cs2)cc1. The lowest BCUT2D eigenvalue weighted by molar-refractivity contribution is 0.0989. The van der Waals surface area contributed by atoms with Gasteiger partial charge in [-0.15, -0.1) is 11.3 Å². The summed E-state index contributed by atoms with van der Waals surface area (Å²) in [5, 5.41) is 2.60. The molecule has 0 aliphatic rings. The Kier molecular flexibility index (Phi) is 5.26. The Morgan fingerprint density at radius 2 is 1.92 bits per heavy atom. The predicted molar refractivity (Wildman–Crippen MR) is 102 cm³/mol. The molecule has 3 rings (SSSR count). The van der Waals surface area contributed by atoms with Gasteiger partial charge >= 0.3 is 0 Å². The maximum absolute atomic E-state index is 12.6. The molecule has 0 fully saturated rings. The first-order valence-corrected chi connectivity index (χ1v) is 8.70. The normalized spacial score (nSPS) is 10.3. The van der Waals surface area contributed by atoms with Gasteiger partial charge in [-0.05, 0) is 36.4 Å². The van der Waals surface area contributed by atoms with Crippen LogP contribution in [0.3, 0.4) is 0 Å². The predicted octanol–water partition coefficient (Wildman–Crippen LogP) is 4.65. The first kappa shape index (κ1) is 16.9. The molecule has 1 amide bonds. The Labute approximate surface area is 151 Å². The lowest BCUT2D eigenvalue weighted by Crippen LogP contribution is -2.26. The van der Waals surface area contributed by atoms with Gasteiger partial charge < -0.3 is 9.64 Å². The van der Waals surface area contributed by atoms with Crippen molar-refractivity contribution < 1.29 is 9.53 Å². The number of anilines is 1. The molecule has 0 aliphatic carbocycles. The van der Waals surface area contributed by atoms with Gasteiger partial charge in [0.1, 0.15) is 23.1 Å². The maximum atomic E-state index is 12.6. The second-order valence-electron chi connectivity index (χ2n) is 5.36. The van der Waals surface area contributed by atoms with E-state index in [0.29, 0.717) is 12.3 Å². The molecule has 4 nitrogen and oxygen atoms in total. The van der Waals surface area contributed by atoms with Crippen LogP contribution >= 0.6 is 11.3 Å². The smallest absolute Gasteiger partial charge is 0.277 e. The van der Waals surface area contributed by atoms with E-state index in [4.69, 9.17) is 4.74 Å². The molecule has 126 valence electrons. The molecule has 0 radical (unpaired) electrons. The molecular formula is C20H18N2O2S. The molecule has 0 N–H and O–H groups in total. The van der Waals surface area contributed by atoms with Gasteiger partial charge in [-0.25, -0.2) is 4.98 Å². The standard InChI is InChI=1S/C20H18N2O2S/c1-3-13-24-17-11-9-15(10-12-17)19-21-18(14-25-19)20(23)22(2)16-7-5-4-6-8-16/h3-12,14H,1,13H2,2H3. The highest BCUT2D eigenvalue weighted by Crippen LogP contribution is 2.26. The van der Waals surface area contributed by atoms with Crippen molar-refractivity contribution in [1.29, 1.82) is 0 Å². The molecule has 25 heavy (non-hydrogen) atoms. The van der Waals surface area contributed by atoms with Crippen LogP contribution in [0.15, 0.2) is 72.6 Å². The monoisotopic (exact) mass is 350 g/mol. The van der Waals surface area contributed by atoms with Crippen molar-refractivity contribution in [1.82, 2.24) is 4.98 Å². The summed E-state index contributed by atoms with van der Waals surface area (Å²) in [6.07, 6.45) is 1.70. The molecule has 1 heterocycles. The summed E-state index contributed by atoms with van der Waals surface area (Å²) in [5.74, 6) is 0.653. The van der Waals surface area contributed by atoms with Crippen LogP contribution in [0, 0.1) is 0 Å². The van der Waals surface area contributed by atoms with Gasteiger partial charge in [-0.2, -0.15) is 0 Å². The van der Waals surface area contributed by atoms with Crippen LogP contribution in [0.1, 0.15) is 10.5 Å². The minimum absolute atomic E-state index is 0.125. The summed E-state index contributed by atoms with van der Waals surface area (Å²) in [7, 11) is 1.75. The molecule has 0 saturated heterocycles. The molecule has 0 unspecified atom stereocenters. The number of ether oxygens (including phenoxy) is 1. The zero-order chi connectivity index (χ0) is 17.6. The highest BCUT2D eigenvalue weighted by molar-refractivity contribution is 7.13. The van der Waals surface area contributed by atoms with E-state index in [2.05, 4.69) is 11.6 Å². The number of hydrogen-bond donors (Lipinski definition) is 0. The molecule has 0 spiro atoms. The van der Waals surface area contributed by atoms with E-state index < -0.39 is 0 Å². The Hall–Kier alpha value is -2.92. The topological polar surface area (TPSA) is 42.4 Å². The minimum Gasteiger partial charge on any atom is -0.490 e. The Balaban J connectivity index is 1.75. The van der Waals surface area contributed by atoms with E-state index in [1.807, 2.05) is 54.6 Å². The summed E-state index contributed by atoms with van der Waals surface area (Å²) in [4.78, 5) is 18.7. The molecule has 2 aromatic carbocycles. The van der Waals surface area contributed by atoms with Crippen LogP contribution in [-0.4, -0.2) is 24.5 Å². The minimum atomic E-state index is -0.125. The zero-order valence-corrected chi connectivity index (χ0v) is 14.7. The zero-order valence-electron chi connectivity index (χ0n) is 13.9. The van der Waals surface area contributed by atoms with Crippen LogP contribution in [0.25, 0.3) is 10.6 Å². The highest BCUT2D eigenvalue weighted by Gasteiger charge is 2.17. The number of nitrogens with zero attached hydrogens (tertiary/aromatic N) is 2. The number of thiazole rings is 1. The van der Waals surface area contributed by atoms with Crippen molar-refractivity contribution in [3.8, 4) is 16.3 Å². The summed E-state index contributed by atoms with van der Waals surface area (Å²) in [6, 6.07) is 17.2. The van der Waals surface area contributed by atoms with Crippen LogP contribution < -0.4 is 9.64 Å². The summed E-state index contributed by atoms with van der Waals surface area (Å²) >= 11 is 1.45. The van der Waals surface area contributed by atoms with Crippen molar-refractivity contribution in [2.45, 2.75) is 0 Å². The maximum Gasteiger partial charge on any atom is 0.277 e. The van der Waals surface area contributed by atoms with Crippen molar-refractivity contribution in [3.05, 3.63) is 78.3 Å². The number of para-hydroxylation sites is 1. The van der Waals surface area contributed by atoms with Gasteiger partial charge in [0.2, 0.25) is 0 Å². The Morgan fingerprint density at radius 1 is 1.20 bits per heavy atom. The number of carbonyl (C=O) groups is 1. The Morgan fingerprint density at radius 3 is 2.60 bits per heavy atom. The first-order chi connectivity index (χ1) is 12.2. The fourth-order valence-corrected chi connectivity index (χ4v) is 3.09. The molecule has 3 aromatic rings. The quantitative estimate of drug-likeness (QED) is 0.608. The van der Waals surface area contributed by atoms with Gasteiger partial charge in [0.05, 0.1) is 0 Å². The van der Waals surface area contributed by atoms with E-state index in [9.17, 15) is 4.79 Å². The average Bonchev–Trinajstić information content (AvgIpc) is 3.16. The summed E-state index contributed by atoms with van der Waals surface area (Å²) in [6.45, 7) is 4.10. The first-order valence-electron chi connectivity index (χ1n) is 7.82. The lowest BCUT2D eigenvalue weighted by Gasteiger charge is -2.15. The number of aromatic nitrogens is 1. The van der Waals surface area contributed by atoms with E-state index in [1.165, 1.54) is 11.3 Å². The average molecular weight is 350 g/mol. The van der Waals surface area contributed by atoms with Crippen molar-refractivity contribution in [2.24, 2.45) is 0 Å². The van der Waals surface area contributed by atoms with Gasteiger partial charge in [0, 0.05) is 23.7 Å². The fourth-order valence-electron chi connectivity index (χ4n) is 2.29. The second-order valence-corrected chi connectivity index (χ2v) is 6.22. The number of rotatable bonds is 6. The second kappa shape index (κ2) is 7.77. The molecule has 0 aliphatic heterocycles. The summed E-state index contributed by atoms with van der Waals surface area (Å²) < 4.78 is 5.47. The number of carbonyl (C=O) groups excluding carboxylic acids is 1. The number of hydrogen-bond acceptors (Lipinski definition) is 4. The van der Waals surface area contributed by atoms with Crippen molar-refractivity contribution in [2.75, 3.05) is 18.6 Å². The lowest BCUT2D eigenvalue weighted by atomic mass is 10.2. The molecule has 5 heteroatoms. The molecule has 0 saturated carbocycles. The van der Waals surface area contributed by atoms with Gasteiger partial charge in [0.25, 0.3) is 5.91 Å². The van der Waals surface area contributed by atoms with Gasteiger partial charge in [0.15, 0.2) is 0 Å². The van der Waals surface area contributed by atoms with E-state index in [1.54, 1.807) is 23.4 Å². The van der Waals surface area contributed by atoms with Gasteiger partial charge in [-0.1, -0.05) is 30.9 Å². The third kappa shape index (κ3) is 3.95. The van der Waals surface area contributed by atoms with E-state index in [-0.39, 0.29) is 5.91 Å². The van der Waals surface area contributed by atoms with Crippen LogP contribution in [0.5, 0.6) is 5.75 Å². The number of benzene rings is 2. The molecular weight excluding hydrogens is 332 g/mol. The highest BCUT2D eigenvalue weighted by atomic mass is 32.1. The van der Waals surface area contributed by atoms with E-state index >= 15 is 0 Å².